The summed E-state index contributed by atoms with van der Waals surface area (Å²) < 4.78 is 4.99. The number of fused-ring (bicyclic) bond motifs is 2. The van der Waals surface area contributed by atoms with Crippen LogP contribution in [0.15, 0.2) is 30.3 Å². The summed E-state index contributed by atoms with van der Waals surface area (Å²) in [6.45, 7) is 7.26. The molecule has 30 heavy (non-hydrogen) atoms. The van der Waals surface area contributed by atoms with Gasteiger partial charge in [0.15, 0.2) is 11.6 Å². The molecule has 2 aromatic carbocycles. The third kappa shape index (κ3) is 3.97. The number of carbonyl (C=O) groups excluding carboxylic acids is 3. The first-order valence-corrected chi connectivity index (χ1v) is 9.86. The van der Waals surface area contributed by atoms with Gasteiger partial charge in [0.1, 0.15) is 0 Å². The third-order valence-corrected chi connectivity index (χ3v) is 4.73. The minimum atomic E-state index is -0.686. The number of ketones is 2. The van der Waals surface area contributed by atoms with Crippen LogP contribution in [0.25, 0.3) is 12.2 Å². The fraction of sp³-hybridized carbons (Fsp3) is 0.261. The van der Waals surface area contributed by atoms with Crippen molar-refractivity contribution in [2.75, 3.05) is 23.5 Å². The molecular weight excluding hydrogens is 382 g/mol. The van der Waals surface area contributed by atoms with E-state index in [4.69, 9.17) is 4.74 Å². The number of amides is 1. The Kier molecular flexibility index (Phi) is 6.32. The molecule has 1 heterocycles. The summed E-state index contributed by atoms with van der Waals surface area (Å²) in [5.41, 5.74) is 7.08. The molecule has 0 bridgehead atoms. The number of nitrogens with zero attached hydrogens (tertiary/aromatic N) is 1. The Balaban J connectivity index is 2.34. The van der Waals surface area contributed by atoms with Crippen molar-refractivity contribution < 1.29 is 19.1 Å². The van der Waals surface area contributed by atoms with E-state index in [1.165, 1.54) is 13.8 Å². The molecule has 2 N–H and O–H groups in total. The first kappa shape index (κ1) is 21.3. The van der Waals surface area contributed by atoms with Gasteiger partial charge in [-0.25, -0.2) is 10.2 Å². The van der Waals surface area contributed by atoms with Crippen molar-refractivity contribution in [3.63, 3.8) is 0 Å². The van der Waals surface area contributed by atoms with Gasteiger partial charge in [-0.1, -0.05) is 37.3 Å². The third-order valence-electron chi connectivity index (χ3n) is 4.73. The number of hydrogen-bond donors (Lipinski definition) is 2. The van der Waals surface area contributed by atoms with E-state index in [-0.39, 0.29) is 35.0 Å². The van der Waals surface area contributed by atoms with Crippen LogP contribution in [-0.2, 0) is 4.74 Å². The number of rotatable bonds is 6. The Bertz CT molecular complexity index is 1040. The van der Waals surface area contributed by atoms with Crippen LogP contribution in [-0.4, -0.2) is 30.8 Å². The second-order valence-corrected chi connectivity index (χ2v) is 6.80. The lowest BCUT2D eigenvalue weighted by atomic mass is 9.92. The van der Waals surface area contributed by atoms with Crippen LogP contribution >= 0.6 is 0 Å². The van der Waals surface area contributed by atoms with Crippen molar-refractivity contribution in [3.05, 3.63) is 52.6 Å². The molecule has 0 spiro atoms. The monoisotopic (exact) mass is 407 g/mol. The number of nitrogens with one attached hydrogen (secondary N) is 2. The molecule has 0 radical (unpaired) electrons. The van der Waals surface area contributed by atoms with Gasteiger partial charge in [-0.3, -0.25) is 19.9 Å². The summed E-state index contributed by atoms with van der Waals surface area (Å²) in [5, 5.41) is 4.50. The number of carbonyl (C=O) groups is 3. The van der Waals surface area contributed by atoms with Gasteiger partial charge in [0, 0.05) is 17.7 Å². The fourth-order valence-corrected chi connectivity index (χ4v) is 3.61. The quantitative estimate of drug-likeness (QED) is 0.669. The van der Waals surface area contributed by atoms with Crippen molar-refractivity contribution in [3.8, 4) is 0 Å². The molecule has 1 aliphatic heterocycles. The molecule has 3 rings (SSSR count). The van der Waals surface area contributed by atoms with Gasteiger partial charge in [0.05, 0.1) is 29.2 Å². The average molecular weight is 407 g/mol. The number of hydrogen-bond acceptors (Lipinski definition) is 6. The highest BCUT2D eigenvalue weighted by atomic mass is 16.5. The number of benzene rings is 2. The molecule has 156 valence electrons. The summed E-state index contributed by atoms with van der Waals surface area (Å²) in [5.74, 6) is -0.587. The van der Waals surface area contributed by atoms with Gasteiger partial charge in [0.2, 0.25) is 0 Å². The van der Waals surface area contributed by atoms with Crippen LogP contribution < -0.4 is 15.8 Å². The molecule has 0 aliphatic carbocycles. The maximum Gasteiger partial charge on any atom is 0.411 e. The highest BCUT2D eigenvalue weighted by molar-refractivity contribution is 6.16. The largest absolute Gasteiger partial charge is 0.450 e. The second kappa shape index (κ2) is 8.92. The Morgan fingerprint density at radius 2 is 1.67 bits per heavy atom. The molecule has 0 unspecified atom stereocenters. The van der Waals surface area contributed by atoms with Crippen molar-refractivity contribution in [1.29, 1.82) is 0 Å². The standard InChI is InChI=1S/C23H25N3O4/c1-5-24-26-19-10-8-7-9-16(19)11-12-17-20(26)13-18(25-23(29)30-6-2)22(15(4)28)21(17)14(3)27/h7-13,24H,5-6H2,1-4H3,(H,25,29). The van der Waals surface area contributed by atoms with Crippen LogP contribution in [0.3, 0.4) is 0 Å². The SMILES string of the molecule is CCNN1c2ccccc2C=Cc2c1cc(NC(=O)OCC)c(C(C)=O)c2C(C)=O. The molecule has 1 aliphatic rings. The lowest BCUT2D eigenvalue weighted by Crippen LogP contribution is -2.35. The smallest absolute Gasteiger partial charge is 0.411 e. The first-order valence-electron chi connectivity index (χ1n) is 9.86. The number of Topliss-reactive ketones (excluding diaryl/α,β-unsaturated/α-hetero) is 2. The molecular formula is C23H25N3O4. The van der Waals surface area contributed by atoms with Crippen molar-refractivity contribution in [2.24, 2.45) is 0 Å². The molecule has 7 heteroatoms. The van der Waals surface area contributed by atoms with Gasteiger partial charge in [-0.2, -0.15) is 0 Å². The topological polar surface area (TPSA) is 87.7 Å². The van der Waals surface area contributed by atoms with Gasteiger partial charge in [-0.05, 0) is 38.5 Å². The van der Waals surface area contributed by atoms with Gasteiger partial charge >= 0.3 is 6.09 Å². The van der Waals surface area contributed by atoms with Crippen LogP contribution in [0.5, 0.6) is 0 Å². The summed E-state index contributed by atoms with van der Waals surface area (Å²) >= 11 is 0. The van der Waals surface area contributed by atoms with Gasteiger partial charge < -0.3 is 4.74 Å². The normalized spacial score (nSPS) is 11.9. The molecule has 0 saturated heterocycles. The molecule has 7 nitrogen and oxygen atoms in total. The van der Waals surface area contributed by atoms with E-state index in [2.05, 4.69) is 10.7 Å². The molecule has 1 amide bonds. The molecule has 0 aromatic heterocycles. The summed E-state index contributed by atoms with van der Waals surface area (Å²) in [6, 6.07) is 9.49. The first-order chi connectivity index (χ1) is 14.4. The molecule has 2 aromatic rings. The molecule has 0 saturated carbocycles. The van der Waals surface area contributed by atoms with Crippen molar-refractivity contribution >= 4 is 46.9 Å². The van der Waals surface area contributed by atoms with Crippen LogP contribution in [0.4, 0.5) is 21.9 Å². The van der Waals surface area contributed by atoms with E-state index >= 15 is 0 Å². The van der Waals surface area contributed by atoms with Gasteiger partial charge in [0.25, 0.3) is 0 Å². The maximum atomic E-state index is 12.7. The van der Waals surface area contributed by atoms with Crippen LogP contribution in [0.1, 0.15) is 59.5 Å². The van der Waals surface area contributed by atoms with E-state index in [9.17, 15) is 14.4 Å². The zero-order chi connectivity index (χ0) is 21.8. The average Bonchev–Trinajstić information content (AvgIpc) is 2.84. The van der Waals surface area contributed by atoms with E-state index in [0.717, 1.165) is 11.3 Å². The lowest BCUT2D eigenvalue weighted by Gasteiger charge is -2.29. The predicted molar refractivity (Wildman–Crippen MR) is 118 cm³/mol. The Morgan fingerprint density at radius 1 is 0.967 bits per heavy atom. The summed E-state index contributed by atoms with van der Waals surface area (Å²) in [4.78, 5) is 37.4. The Labute approximate surface area is 175 Å². The second-order valence-electron chi connectivity index (χ2n) is 6.80. The highest BCUT2D eigenvalue weighted by Crippen LogP contribution is 2.41. The van der Waals surface area contributed by atoms with E-state index in [0.29, 0.717) is 17.8 Å². The minimum absolute atomic E-state index is 0.168. The molecule has 0 fully saturated rings. The van der Waals surface area contributed by atoms with Crippen LogP contribution in [0.2, 0.25) is 0 Å². The minimum Gasteiger partial charge on any atom is -0.450 e. The molecule has 0 atom stereocenters. The van der Waals surface area contributed by atoms with Gasteiger partial charge in [-0.15, -0.1) is 0 Å². The predicted octanol–water partition coefficient (Wildman–Crippen LogP) is 4.81. The fourth-order valence-electron chi connectivity index (χ4n) is 3.61. The lowest BCUT2D eigenvalue weighted by molar-refractivity contribution is 0.0981. The summed E-state index contributed by atoms with van der Waals surface area (Å²) in [6.07, 6.45) is 3.07. The van der Waals surface area contributed by atoms with E-state index in [1.807, 2.05) is 48.4 Å². The number of anilines is 3. The zero-order valence-electron chi connectivity index (χ0n) is 17.5. The van der Waals surface area contributed by atoms with E-state index < -0.39 is 6.09 Å². The maximum absolute atomic E-state index is 12.7. The number of para-hydroxylation sites is 1. The highest BCUT2D eigenvalue weighted by Gasteiger charge is 2.28. The van der Waals surface area contributed by atoms with E-state index in [1.54, 1.807) is 13.0 Å². The Hall–Kier alpha value is -3.45. The van der Waals surface area contributed by atoms with Crippen LogP contribution in [0, 0.1) is 0 Å². The zero-order valence-corrected chi connectivity index (χ0v) is 17.5. The number of hydrazine groups is 1. The van der Waals surface area contributed by atoms with Crippen molar-refractivity contribution in [2.45, 2.75) is 27.7 Å². The number of ether oxygens (including phenoxy) is 1. The van der Waals surface area contributed by atoms with Crippen molar-refractivity contribution in [1.82, 2.24) is 5.43 Å². The Morgan fingerprint density at radius 3 is 2.30 bits per heavy atom. The summed E-state index contributed by atoms with van der Waals surface area (Å²) in [7, 11) is 0.